The smallest absolute Gasteiger partial charge is 0.328 e. The van der Waals surface area contributed by atoms with Crippen LogP contribution in [0.25, 0.3) is 10.7 Å². The van der Waals surface area contributed by atoms with E-state index >= 15 is 0 Å². The lowest BCUT2D eigenvalue weighted by Gasteiger charge is -2.33. The minimum Gasteiger partial charge on any atom is -0.467 e. The molecule has 0 bridgehead atoms. The molecule has 24 heavy (non-hydrogen) atoms. The van der Waals surface area contributed by atoms with Gasteiger partial charge in [0, 0.05) is 12.7 Å². The number of amides is 1. The molecule has 1 atom stereocenters. The van der Waals surface area contributed by atoms with Gasteiger partial charge in [-0.15, -0.1) is 11.3 Å². The van der Waals surface area contributed by atoms with Crippen molar-refractivity contribution in [2.45, 2.75) is 32.2 Å². The second kappa shape index (κ2) is 7.09. The molecule has 0 aromatic carbocycles. The molecule has 0 radical (unpaired) electrons. The molecule has 3 heterocycles. The third kappa shape index (κ3) is 3.17. The van der Waals surface area contributed by atoms with E-state index in [9.17, 15) is 9.59 Å². The van der Waals surface area contributed by atoms with Gasteiger partial charge >= 0.3 is 5.97 Å². The van der Waals surface area contributed by atoms with Crippen molar-refractivity contribution in [1.29, 1.82) is 0 Å². The van der Waals surface area contributed by atoms with Gasteiger partial charge in [0.1, 0.15) is 15.9 Å². The Kier molecular flexibility index (Phi) is 4.89. The monoisotopic (exact) mass is 345 g/mol. The van der Waals surface area contributed by atoms with E-state index in [4.69, 9.17) is 4.74 Å². The highest BCUT2D eigenvalue weighted by molar-refractivity contribution is 7.17. The molecule has 7 heteroatoms. The van der Waals surface area contributed by atoms with E-state index in [0.717, 1.165) is 18.5 Å². The Balaban J connectivity index is 1.89. The zero-order valence-corrected chi connectivity index (χ0v) is 14.5. The van der Waals surface area contributed by atoms with Crippen molar-refractivity contribution in [1.82, 2.24) is 14.9 Å². The average molecular weight is 345 g/mol. The maximum Gasteiger partial charge on any atom is 0.328 e. The number of aromatic nitrogens is 2. The Morgan fingerprint density at radius 2 is 2.17 bits per heavy atom. The first-order valence-corrected chi connectivity index (χ1v) is 8.71. The van der Waals surface area contributed by atoms with Gasteiger partial charge in [-0.25, -0.2) is 9.78 Å². The van der Waals surface area contributed by atoms with Crippen molar-refractivity contribution in [3.8, 4) is 10.7 Å². The van der Waals surface area contributed by atoms with Gasteiger partial charge in [0.25, 0.3) is 5.91 Å². The number of rotatable bonds is 3. The SMILES string of the molecule is COC(=O)C1CCCCN1C(=O)c1sc(-c2ccccn2)nc1C. The number of carbonyl (C=O) groups is 2. The molecule has 1 aliphatic heterocycles. The summed E-state index contributed by atoms with van der Waals surface area (Å²) in [6.45, 7) is 2.38. The van der Waals surface area contributed by atoms with Gasteiger partial charge in [-0.2, -0.15) is 0 Å². The first-order valence-electron chi connectivity index (χ1n) is 7.89. The van der Waals surface area contributed by atoms with Crippen LogP contribution in [0.3, 0.4) is 0 Å². The molecular formula is C17H19N3O3S. The van der Waals surface area contributed by atoms with E-state index in [1.54, 1.807) is 11.1 Å². The number of piperidine rings is 1. The van der Waals surface area contributed by atoms with Crippen LogP contribution in [0.1, 0.15) is 34.6 Å². The molecule has 1 aliphatic rings. The minimum absolute atomic E-state index is 0.151. The quantitative estimate of drug-likeness (QED) is 0.800. The predicted molar refractivity (Wildman–Crippen MR) is 90.8 cm³/mol. The number of esters is 1. The van der Waals surface area contributed by atoms with E-state index in [0.29, 0.717) is 28.5 Å². The van der Waals surface area contributed by atoms with Crippen LogP contribution in [0.2, 0.25) is 0 Å². The Morgan fingerprint density at radius 3 is 2.88 bits per heavy atom. The molecule has 0 saturated carbocycles. The summed E-state index contributed by atoms with van der Waals surface area (Å²) in [5.74, 6) is -0.502. The van der Waals surface area contributed by atoms with Crippen molar-refractivity contribution in [3.63, 3.8) is 0 Å². The fraction of sp³-hybridized carbons (Fsp3) is 0.412. The first kappa shape index (κ1) is 16.6. The highest BCUT2D eigenvalue weighted by atomic mass is 32.1. The second-order valence-corrected chi connectivity index (χ2v) is 6.68. The summed E-state index contributed by atoms with van der Waals surface area (Å²) < 4.78 is 4.86. The first-order chi connectivity index (χ1) is 11.6. The molecule has 3 rings (SSSR count). The van der Waals surface area contributed by atoms with Gasteiger partial charge in [0.05, 0.1) is 18.5 Å². The summed E-state index contributed by atoms with van der Waals surface area (Å²) in [6.07, 6.45) is 4.16. The van der Waals surface area contributed by atoms with Crippen LogP contribution in [-0.4, -0.2) is 46.4 Å². The molecule has 6 nitrogen and oxygen atoms in total. The van der Waals surface area contributed by atoms with Crippen molar-refractivity contribution in [2.75, 3.05) is 13.7 Å². The fourth-order valence-electron chi connectivity index (χ4n) is 2.88. The summed E-state index contributed by atoms with van der Waals surface area (Å²) in [5.41, 5.74) is 1.41. The summed E-state index contributed by atoms with van der Waals surface area (Å²) >= 11 is 1.32. The summed E-state index contributed by atoms with van der Waals surface area (Å²) in [7, 11) is 1.36. The van der Waals surface area contributed by atoms with E-state index in [2.05, 4.69) is 9.97 Å². The van der Waals surface area contributed by atoms with E-state index < -0.39 is 6.04 Å². The van der Waals surface area contributed by atoms with E-state index in [1.807, 2.05) is 25.1 Å². The Labute approximate surface area is 144 Å². The fourth-order valence-corrected chi connectivity index (χ4v) is 3.88. The van der Waals surface area contributed by atoms with Gasteiger partial charge < -0.3 is 9.64 Å². The zero-order chi connectivity index (χ0) is 17.1. The van der Waals surface area contributed by atoms with Crippen molar-refractivity contribution >= 4 is 23.2 Å². The highest BCUT2D eigenvalue weighted by Gasteiger charge is 2.34. The molecule has 1 amide bonds. The predicted octanol–water partition coefficient (Wildman–Crippen LogP) is 2.68. The third-order valence-electron chi connectivity index (χ3n) is 4.11. The topological polar surface area (TPSA) is 72.4 Å². The number of hydrogen-bond donors (Lipinski definition) is 0. The largest absolute Gasteiger partial charge is 0.467 e. The summed E-state index contributed by atoms with van der Waals surface area (Å²) in [4.78, 5) is 35.9. The Morgan fingerprint density at radius 1 is 1.33 bits per heavy atom. The van der Waals surface area contributed by atoms with Crippen LogP contribution >= 0.6 is 11.3 Å². The van der Waals surface area contributed by atoms with Gasteiger partial charge in [-0.05, 0) is 38.3 Å². The second-order valence-electron chi connectivity index (χ2n) is 5.68. The molecule has 0 N–H and O–H groups in total. The number of ether oxygens (including phenoxy) is 1. The molecule has 1 saturated heterocycles. The normalized spacial score (nSPS) is 17.6. The minimum atomic E-state index is -0.504. The number of thiazole rings is 1. The molecule has 2 aromatic heterocycles. The number of likely N-dealkylation sites (tertiary alicyclic amines) is 1. The number of carbonyl (C=O) groups excluding carboxylic acids is 2. The van der Waals surface area contributed by atoms with Gasteiger partial charge in [-0.1, -0.05) is 6.07 Å². The van der Waals surface area contributed by atoms with Gasteiger partial charge in [0.2, 0.25) is 0 Å². The molecule has 126 valence electrons. The van der Waals surface area contributed by atoms with Gasteiger partial charge in [0.15, 0.2) is 0 Å². The lowest BCUT2D eigenvalue weighted by molar-refractivity contribution is -0.147. The van der Waals surface area contributed by atoms with Crippen molar-refractivity contribution < 1.29 is 14.3 Å². The van der Waals surface area contributed by atoms with Crippen LogP contribution in [0.4, 0.5) is 0 Å². The summed E-state index contributed by atoms with van der Waals surface area (Å²) in [5, 5.41) is 0.711. The zero-order valence-electron chi connectivity index (χ0n) is 13.7. The molecule has 1 fully saturated rings. The van der Waals surface area contributed by atoms with Crippen LogP contribution in [-0.2, 0) is 9.53 Å². The number of aryl methyl sites for hydroxylation is 1. The molecule has 0 aliphatic carbocycles. The Hall–Kier alpha value is -2.28. The lowest BCUT2D eigenvalue weighted by Crippen LogP contribution is -2.48. The standard InChI is InChI=1S/C17H19N3O3S/c1-11-14(24-15(19-11)12-7-3-5-9-18-12)16(21)20-10-6-4-8-13(20)17(22)23-2/h3,5,7,9,13H,4,6,8,10H2,1-2H3. The maximum absolute atomic E-state index is 13.0. The number of pyridine rings is 1. The van der Waals surface area contributed by atoms with E-state index in [1.165, 1.54) is 18.4 Å². The highest BCUT2D eigenvalue weighted by Crippen LogP contribution is 2.29. The Bertz CT molecular complexity index is 745. The van der Waals surface area contributed by atoms with E-state index in [-0.39, 0.29) is 11.9 Å². The molecule has 0 spiro atoms. The lowest BCUT2D eigenvalue weighted by atomic mass is 10.0. The van der Waals surface area contributed by atoms with Crippen LogP contribution in [0.5, 0.6) is 0 Å². The van der Waals surface area contributed by atoms with Crippen LogP contribution in [0, 0.1) is 6.92 Å². The van der Waals surface area contributed by atoms with Gasteiger partial charge in [-0.3, -0.25) is 9.78 Å². The van der Waals surface area contributed by atoms with Crippen molar-refractivity contribution in [3.05, 3.63) is 35.0 Å². The van der Waals surface area contributed by atoms with Crippen molar-refractivity contribution in [2.24, 2.45) is 0 Å². The molecule has 1 unspecified atom stereocenters. The average Bonchev–Trinajstić information content (AvgIpc) is 3.03. The van der Waals surface area contributed by atoms with Crippen LogP contribution in [0.15, 0.2) is 24.4 Å². The molecule has 2 aromatic rings. The number of nitrogens with zero attached hydrogens (tertiary/aromatic N) is 3. The molecular weight excluding hydrogens is 326 g/mol. The summed E-state index contributed by atoms with van der Waals surface area (Å²) in [6, 6.07) is 5.09. The number of methoxy groups -OCH3 is 1. The maximum atomic E-state index is 13.0. The third-order valence-corrected chi connectivity index (χ3v) is 5.28. The number of hydrogen-bond acceptors (Lipinski definition) is 6. The van der Waals surface area contributed by atoms with Crippen LogP contribution < -0.4 is 0 Å².